The van der Waals surface area contributed by atoms with Crippen LogP contribution in [0.4, 0.5) is 5.82 Å². The number of nitrogens with two attached hydrogens (primary N) is 2. The van der Waals surface area contributed by atoms with E-state index in [2.05, 4.69) is 9.97 Å². The molecule has 5 heteroatoms. The average Bonchev–Trinajstić information content (AvgIpc) is 2.70. The van der Waals surface area contributed by atoms with Gasteiger partial charge in [0.2, 0.25) is 0 Å². The summed E-state index contributed by atoms with van der Waals surface area (Å²) < 4.78 is 0. The van der Waals surface area contributed by atoms with Crippen LogP contribution in [-0.2, 0) is 0 Å². The standard InChI is InChI=1S/C9H10N4S/c10-8(7-4-14-5-13-7)6-2-1-3-12-9(6)11/h1-5,8H,10H2,(H2,11,12). The van der Waals surface area contributed by atoms with Gasteiger partial charge in [-0.15, -0.1) is 11.3 Å². The summed E-state index contributed by atoms with van der Waals surface area (Å²) in [7, 11) is 0. The molecule has 0 spiro atoms. The first-order valence-electron chi connectivity index (χ1n) is 4.13. The third-order valence-electron chi connectivity index (χ3n) is 1.98. The maximum atomic E-state index is 5.99. The van der Waals surface area contributed by atoms with Crippen LogP contribution < -0.4 is 11.5 Å². The monoisotopic (exact) mass is 206 g/mol. The van der Waals surface area contributed by atoms with Gasteiger partial charge < -0.3 is 11.5 Å². The van der Waals surface area contributed by atoms with Crippen LogP contribution in [0.1, 0.15) is 17.3 Å². The first-order valence-corrected chi connectivity index (χ1v) is 5.07. The maximum Gasteiger partial charge on any atom is 0.128 e. The molecule has 0 aromatic carbocycles. The fourth-order valence-electron chi connectivity index (χ4n) is 1.23. The molecule has 0 aliphatic heterocycles. The van der Waals surface area contributed by atoms with Gasteiger partial charge in [-0.2, -0.15) is 0 Å². The number of aromatic nitrogens is 2. The van der Waals surface area contributed by atoms with Crippen molar-refractivity contribution >= 4 is 17.2 Å². The number of thiazole rings is 1. The lowest BCUT2D eigenvalue weighted by Crippen LogP contribution is -2.14. The smallest absolute Gasteiger partial charge is 0.128 e. The molecular formula is C9H10N4S. The van der Waals surface area contributed by atoms with E-state index in [1.807, 2.05) is 17.5 Å². The Morgan fingerprint density at radius 3 is 2.86 bits per heavy atom. The predicted molar refractivity (Wildman–Crippen MR) is 56.8 cm³/mol. The second kappa shape index (κ2) is 3.73. The Kier molecular flexibility index (Phi) is 2.43. The number of hydrogen-bond acceptors (Lipinski definition) is 5. The van der Waals surface area contributed by atoms with Crippen molar-refractivity contribution < 1.29 is 0 Å². The Labute approximate surface area is 85.6 Å². The van der Waals surface area contributed by atoms with Crippen molar-refractivity contribution in [3.05, 3.63) is 40.5 Å². The molecule has 1 unspecified atom stereocenters. The number of pyridine rings is 1. The normalized spacial score (nSPS) is 12.6. The highest BCUT2D eigenvalue weighted by atomic mass is 32.1. The number of nitrogen functional groups attached to an aromatic ring is 1. The fourth-order valence-corrected chi connectivity index (χ4v) is 1.82. The van der Waals surface area contributed by atoms with Gasteiger partial charge in [0.15, 0.2) is 0 Å². The van der Waals surface area contributed by atoms with Gasteiger partial charge in [0, 0.05) is 17.1 Å². The summed E-state index contributed by atoms with van der Waals surface area (Å²) in [6, 6.07) is 3.40. The number of anilines is 1. The van der Waals surface area contributed by atoms with Gasteiger partial charge in [0.05, 0.1) is 17.2 Å². The number of hydrogen-bond donors (Lipinski definition) is 2. The maximum absolute atomic E-state index is 5.99. The molecule has 0 fully saturated rings. The van der Waals surface area contributed by atoms with Crippen molar-refractivity contribution in [3.8, 4) is 0 Å². The molecule has 0 aliphatic carbocycles. The molecular weight excluding hydrogens is 196 g/mol. The molecule has 0 bridgehead atoms. The van der Waals surface area contributed by atoms with E-state index in [0.29, 0.717) is 5.82 Å². The van der Waals surface area contributed by atoms with Crippen molar-refractivity contribution in [2.24, 2.45) is 5.73 Å². The molecule has 4 nitrogen and oxygen atoms in total. The van der Waals surface area contributed by atoms with Gasteiger partial charge >= 0.3 is 0 Å². The van der Waals surface area contributed by atoms with E-state index in [1.165, 1.54) is 11.3 Å². The SMILES string of the molecule is Nc1ncccc1C(N)c1cscn1. The van der Waals surface area contributed by atoms with Crippen molar-refractivity contribution in [3.63, 3.8) is 0 Å². The first-order chi connectivity index (χ1) is 6.79. The van der Waals surface area contributed by atoms with Crippen LogP contribution in [0.3, 0.4) is 0 Å². The van der Waals surface area contributed by atoms with Gasteiger partial charge in [0.1, 0.15) is 5.82 Å². The Morgan fingerprint density at radius 2 is 2.21 bits per heavy atom. The summed E-state index contributed by atoms with van der Waals surface area (Å²) in [6.07, 6.45) is 1.65. The minimum Gasteiger partial charge on any atom is -0.383 e. The highest BCUT2D eigenvalue weighted by Gasteiger charge is 2.13. The summed E-state index contributed by atoms with van der Waals surface area (Å²) in [4.78, 5) is 8.13. The van der Waals surface area contributed by atoms with Crippen LogP contribution in [-0.4, -0.2) is 9.97 Å². The van der Waals surface area contributed by atoms with Crippen molar-refractivity contribution in [1.82, 2.24) is 9.97 Å². The van der Waals surface area contributed by atoms with Gasteiger partial charge in [-0.3, -0.25) is 0 Å². The second-order valence-electron chi connectivity index (χ2n) is 2.87. The Balaban J connectivity index is 2.37. The van der Waals surface area contributed by atoms with Crippen LogP contribution in [0, 0.1) is 0 Å². The van der Waals surface area contributed by atoms with E-state index in [0.717, 1.165) is 11.3 Å². The summed E-state index contributed by atoms with van der Waals surface area (Å²) in [5, 5.41) is 1.91. The molecule has 0 aliphatic rings. The summed E-state index contributed by atoms with van der Waals surface area (Å²) >= 11 is 1.52. The van der Waals surface area contributed by atoms with E-state index in [4.69, 9.17) is 11.5 Å². The lowest BCUT2D eigenvalue weighted by Gasteiger charge is -2.10. The van der Waals surface area contributed by atoms with Crippen LogP contribution >= 0.6 is 11.3 Å². The Hall–Kier alpha value is -1.46. The minimum absolute atomic E-state index is 0.282. The predicted octanol–water partition coefficient (Wildman–Crippen LogP) is 1.17. The third-order valence-corrected chi connectivity index (χ3v) is 2.58. The largest absolute Gasteiger partial charge is 0.383 e. The van der Waals surface area contributed by atoms with Gasteiger partial charge in [-0.1, -0.05) is 6.07 Å². The molecule has 1 atom stereocenters. The Bertz CT molecular complexity index is 413. The molecule has 2 rings (SSSR count). The van der Waals surface area contributed by atoms with Crippen LogP contribution in [0.15, 0.2) is 29.2 Å². The van der Waals surface area contributed by atoms with E-state index in [9.17, 15) is 0 Å². The fraction of sp³-hybridized carbons (Fsp3) is 0.111. The third kappa shape index (κ3) is 1.59. The topological polar surface area (TPSA) is 77.8 Å². The zero-order chi connectivity index (χ0) is 9.97. The minimum atomic E-state index is -0.282. The summed E-state index contributed by atoms with van der Waals surface area (Å²) in [6.45, 7) is 0. The first kappa shape index (κ1) is 9.11. The Morgan fingerprint density at radius 1 is 1.36 bits per heavy atom. The van der Waals surface area contributed by atoms with Gasteiger partial charge in [-0.05, 0) is 6.07 Å². The lowest BCUT2D eigenvalue weighted by atomic mass is 10.1. The molecule has 0 saturated carbocycles. The molecule has 0 amide bonds. The quantitative estimate of drug-likeness (QED) is 0.773. The highest BCUT2D eigenvalue weighted by Crippen LogP contribution is 2.22. The molecule has 4 N–H and O–H groups in total. The van der Waals surface area contributed by atoms with Crippen LogP contribution in [0.2, 0.25) is 0 Å². The van der Waals surface area contributed by atoms with Crippen molar-refractivity contribution in [2.75, 3.05) is 5.73 Å². The number of nitrogens with zero attached hydrogens (tertiary/aromatic N) is 2. The van der Waals surface area contributed by atoms with Crippen LogP contribution in [0.25, 0.3) is 0 Å². The van der Waals surface area contributed by atoms with E-state index in [1.54, 1.807) is 11.7 Å². The molecule has 14 heavy (non-hydrogen) atoms. The van der Waals surface area contributed by atoms with Crippen molar-refractivity contribution in [1.29, 1.82) is 0 Å². The summed E-state index contributed by atoms with van der Waals surface area (Å²) in [5.74, 6) is 0.466. The van der Waals surface area contributed by atoms with Gasteiger partial charge in [0.25, 0.3) is 0 Å². The van der Waals surface area contributed by atoms with Crippen LogP contribution in [0.5, 0.6) is 0 Å². The zero-order valence-electron chi connectivity index (χ0n) is 7.42. The molecule has 0 saturated heterocycles. The highest BCUT2D eigenvalue weighted by molar-refractivity contribution is 7.07. The lowest BCUT2D eigenvalue weighted by molar-refractivity contribution is 0.836. The molecule has 2 aromatic rings. The molecule has 2 heterocycles. The van der Waals surface area contributed by atoms with E-state index >= 15 is 0 Å². The summed E-state index contributed by atoms with van der Waals surface area (Å²) in [5.41, 5.74) is 15.1. The second-order valence-corrected chi connectivity index (χ2v) is 3.59. The molecule has 72 valence electrons. The number of rotatable bonds is 2. The zero-order valence-corrected chi connectivity index (χ0v) is 8.24. The van der Waals surface area contributed by atoms with Crippen molar-refractivity contribution in [2.45, 2.75) is 6.04 Å². The van der Waals surface area contributed by atoms with Gasteiger partial charge in [-0.25, -0.2) is 9.97 Å². The van der Waals surface area contributed by atoms with E-state index in [-0.39, 0.29) is 6.04 Å². The average molecular weight is 206 g/mol. The molecule has 2 aromatic heterocycles. The molecule has 0 radical (unpaired) electrons. The van der Waals surface area contributed by atoms with E-state index < -0.39 is 0 Å².